The number of carbonyl (C=O) groups excluding carboxylic acids is 1. The summed E-state index contributed by atoms with van der Waals surface area (Å²) in [5.41, 5.74) is 0.347. The third-order valence-corrected chi connectivity index (χ3v) is 7.55. The molecule has 0 saturated carbocycles. The second-order valence-electron chi connectivity index (χ2n) is 8.04. The minimum absolute atomic E-state index is 0.0462. The van der Waals surface area contributed by atoms with Crippen LogP contribution in [0.2, 0.25) is 0 Å². The van der Waals surface area contributed by atoms with E-state index in [1.807, 2.05) is 12.1 Å². The number of likely N-dealkylation sites (tertiary alicyclic amines) is 1. The van der Waals surface area contributed by atoms with Crippen LogP contribution < -0.4 is 0 Å². The van der Waals surface area contributed by atoms with E-state index in [9.17, 15) is 13.2 Å². The number of likely N-dealkylation sites (N-methyl/N-ethyl adjacent to an activating group) is 1. The molecule has 2 aliphatic heterocycles. The highest BCUT2D eigenvalue weighted by molar-refractivity contribution is 7.89. The quantitative estimate of drug-likeness (QED) is 0.782. The molecule has 1 unspecified atom stereocenters. The molecule has 3 rings (SSSR count). The van der Waals surface area contributed by atoms with Crippen molar-refractivity contribution in [2.24, 2.45) is 5.92 Å². The van der Waals surface area contributed by atoms with Crippen LogP contribution in [-0.2, 0) is 20.4 Å². The average molecular weight is 380 g/mol. The zero-order valence-corrected chi connectivity index (χ0v) is 16.9. The predicted molar refractivity (Wildman–Crippen MR) is 101 cm³/mol. The molecule has 0 N–H and O–H groups in total. The lowest BCUT2D eigenvalue weighted by Gasteiger charge is -2.34. The van der Waals surface area contributed by atoms with Crippen LogP contribution in [0.1, 0.15) is 32.3 Å². The van der Waals surface area contributed by atoms with Crippen molar-refractivity contribution in [2.45, 2.75) is 37.1 Å². The Kier molecular flexibility index (Phi) is 5.16. The van der Waals surface area contributed by atoms with Crippen molar-refractivity contribution >= 4 is 15.9 Å². The largest absolute Gasteiger partial charge is 0.348 e. The Labute approximate surface area is 156 Å². The number of fused-ring (bicyclic) bond motifs is 2. The molecule has 1 atom stereocenters. The SMILES string of the molecule is CC(C)CCN1C2(CCN(CC(=O)N(C)C)C2)c2ccccc2S1(=O)=O. The fraction of sp³-hybridized carbons (Fsp3) is 0.632. The number of sulfonamides is 1. The van der Waals surface area contributed by atoms with Gasteiger partial charge in [-0.15, -0.1) is 0 Å². The molecular formula is C19H29N3O3S. The molecule has 1 aromatic carbocycles. The topological polar surface area (TPSA) is 60.9 Å². The van der Waals surface area contributed by atoms with Gasteiger partial charge in [-0.1, -0.05) is 32.0 Å². The van der Waals surface area contributed by atoms with E-state index in [0.717, 1.165) is 24.9 Å². The smallest absolute Gasteiger partial charge is 0.244 e. The van der Waals surface area contributed by atoms with Crippen LogP contribution >= 0.6 is 0 Å². The first kappa shape index (κ1) is 19.3. The molecule has 0 aromatic heterocycles. The lowest BCUT2D eigenvalue weighted by atomic mass is 9.88. The molecule has 6 nitrogen and oxygen atoms in total. The summed E-state index contributed by atoms with van der Waals surface area (Å²) >= 11 is 0. The standard InChI is InChI=1S/C19H29N3O3S/c1-15(2)9-11-22-19(10-12-21(14-19)13-18(23)20(3)4)16-7-5-6-8-17(16)26(22,24)25/h5-8,15H,9-14H2,1-4H3. The van der Waals surface area contributed by atoms with Crippen LogP contribution in [0, 0.1) is 5.92 Å². The first-order chi connectivity index (χ1) is 12.2. The van der Waals surface area contributed by atoms with Gasteiger partial charge in [-0.05, 0) is 30.4 Å². The summed E-state index contributed by atoms with van der Waals surface area (Å²) in [6.45, 7) is 6.36. The third kappa shape index (κ3) is 3.17. The zero-order valence-electron chi connectivity index (χ0n) is 16.1. The predicted octanol–water partition coefficient (Wildman–Crippen LogP) is 1.73. The molecule has 1 saturated heterocycles. The summed E-state index contributed by atoms with van der Waals surface area (Å²) in [5.74, 6) is 0.476. The van der Waals surface area contributed by atoms with Gasteiger partial charge in [-0.3, -0.25) is 9.69 Å². The van der Waals surface area contributed by atoms with Crippen LogP contribution in [0.25, 0.3) is 0 Å². The maximum absolute atomic E-state index is 13.2. The van der Waals surface area contributed by atoms with Gasteiger partial charge in [0, 0.05) is 33.7 Å². The lowest BCUT2D eigenvalue weighted by Crippen LogP contribution is -2.47. The Morgan fingerprint density at radius 2 is 1.96 bits per heavy atom. The van der Waals surface area contributed by atoms with Crippen LogP contribution in [0.3, 0.4) is 0 Å². The second kappa shape index (κ2) is 6.94. The Balaban J connectivity index is 1.96. The number of hydrogen-bond donors (Lipinski definition) is 0. The molecule has 1 fully saturated rings. The fourth-order valence-corrected chi connectivity index (χ4v) is 6.11. The highest BCUT2D eigenvalue weighted by Crippen LogP contribution is 2.49. The fourth-order valence-electron chi connectivity index (χ4n) is 4.03. The van der Waals surface area contributed by atoms with Gasteiger partial charge in [0.1, 0.15) is 0 Å². The number of amides is 1. The minimum Gasteiger partial charge on any atom is -0.348 e. The number of hydrogen-bond acceptors (Lipinski definition) is 4. The summed E-state index contributed by atoms with van der Waals surface area (Å²) in [7, 11) is 0.00614. The molecule has 7 heteroatoms. The summed E-state index contributed by atoms with van der Waals surface area (Å²) in [5, 5.41) is 0. The van der Waals surface area contributed by atoms with E-state index < -0.39 is 15.6 Å². The summed E-state index contributed by atoms with van der Waals surface area (Å²) in [6, 6.07) is 7.36. The highest BCUT2D eigenvalue weighted by Gasteiger charge is 2.56. The van der Waals surface area contributed by atoms with Crippen molar-refractivity contribution in [2.75, 3.05) is 40.3 Å². The summed E-state index contributed by atoms with van der Waals surface area (Å²) < 4.78 is 28.2. The number of nitrogens with zero attached hydrogens (tertiary/aromatic N) is 3. The van der Waals surface area contributed by atoms with Crippen molar-refractivity contribution < 1.29 is 13.2 Å². The minimum atomic E-state index is -3.49. The van der Waals surface area contributed by atoms with Crippen LogP contribution in [0.15, 0.2) is 29.2 Å². The Hall–Kier alpha value is -1.44. The maximum atomic E-state index is 13.2. The van der Waals surface area contributed by atoms with Crippen LogP contribution in [-0.4, -0.2) is 68.7 Å². The van der Waals surface area contributed by atoms with Crippen LogP contribution in [0.4, 0.5) is 0 Å². The van der Waals surface area contributed by atoms with Gasteiger partial charge < -0.3 is 4.90 Å². The van der Waals surface area contributed by atoms with Crippen LogP contribution in [0.5, 0.6) is 0 Å². The molecular weight excluding hydrogens is 350 g/mol. The highest BCUT2D eigenvalue weighted by atomic mass is 32.2. The van der Waals surface area contributed by atoms with Gasteiger partial charge in [-0.25, -0.2) is 8.42 Å². The first-order valence-corrected chi connectivity index (χ1v) is 10.7. The Morgan fingerprint density at radius 3 is 2.62 bits per heavy atom. The van der Waals surface area contributed by atoms with Gasteiger partial charge >= 0.3 is 0 Å². The molecule has 26 heavy (non-hydrogen) atoms. The normalized spacial score (nSPS) is 25.1. The van der Waals surface area contributed by atoms with E-state index in [1.165, 1.54) is 0 Å². The average Bonchev–Trinajstić information content (AvgIpc) is 3.05. The molecule has 0 aliphatic carbocycles. The monoisotopic (exact) mass is 379 g/mol. The molecule has 0 bridgehead atoms. The first-order valence-electron chi connectivity index (χ1n) is 9.23. The number of carbonyl (C=O) groups is 1. The van der Waals surface area contributed by atoms with Crippen molar-refractivity contribution in [1.29, 1.82) is 0 Å². The number of benzene rings is 1. The van der Waals surface area contributed by atoms with Crippen molar-refractivity contribution in [3.05, 3.63) is 29.8 Å². The third-order valence-electron chi connectivity index (χ3n) is 5.53. The van der Waals surface area contributed by atoms with E-state index in [-0.39, 0.29) is 5.91 Å². The van der Waals surface area contributed by atoms with E-state index in [2.05, 4.69) is 18.7 Å². The van der Waals surface area contributed by atoms with E-state index in [0.29, 0.717) is 30.4 Å². The van der Waals surface area contributed by atoms with Gasteiger partial charge in [0.05, 0.1) is 17.0 Å². The van der Waals surface area contributed by atoms with Crippen molar-refractivity contribution in [3.8, 4) is 0 Å². The summed E-state index contributed by atoms with van der Waals surface area (Å²) in [6.07, 6.45) is 1.55. The number of rotatable bonds is 5. The van der Waals surface area contributed by atoms with E-state index >= 15 is 0 Å². The van der Waals surface area contributed by atoms with E-state index in [1.54, 1.807) is 35.4 Å². The molecule has 1 spiro atoms. The Bertz CT molecular complexity index is 791. The zero-order chi connectivity index (χ0) is 19.1. The summed E-state index contributed by atoms with van der Waals surface area (Å²) in [4.78, 5) is 16.2. The Morgan fingerprint density at radius 1 is 1.27 bits per heavy atom. The molecule has 2 aliphatic rings. The van der Waals surface area contributed by atoms with Crippen molar-refractivity contribution in [3.63, 3.8) is 0 Å². The van der Waals surface area contributed by atoms with E-state index in [4.69, 9.17) is 0 Å². The van der Waals surface area contributed by atoms with Gasteiger partial charge in [-0.2, -0.15) is 4.31 Å². The maximum Gasteiger partial charge on any atom is 0.244 e. The molecule has 144 valence electrons. The lowest BCUT2D eigenvalue weighted by molar-refractivity contribution is -0.129. The van der Waals surface area contributed by atoms with Gasteiger partial charge in [0.15, 0.2) is 0 Å². The van der Waals surface area contributed by atoms with Gasteiger partial charge in [0.2, 0.25) is 15.9 Å². The molecule has 1 aromatic rings. The second-order valence-corrected chi connectivity index (χ2v) is 9.87. The molecule has 1 amide bonds. The molecule has 0 radical (unpaired) electrons. The van der Waals surface area contributed by atoms with Crippen molar-refractivity contribution in [1.82, 2.24) is 14.1 Å². The molecule has 2 heterocycles. The van der Waals surface area contributed by atoms with Gasteiger partial charge in [0.25, 0.3) is 0 Å².